The van der Waals surface area contributed by atoms with Crippen LogP contribution in [0.2, 0.25) is 0 Å². The minimum absolute atomic E-state index is 0.0223. The van der Waals surface area contributed by atoms with Crippen LogP contribution < -0.4 is 15.8 Å². The highest BCUT2D eigenvalue weighted by Crippen LogP contribution is 2.28. The third-order valence-corrected chi connectivity index (χ3v) is 3.13. The van der Waals surface area contributed by atoms with Crippen molar-refractivity contribution in [3.8, 4) is 0 Å². The van der Waals surface area contributed by atoms with Crippen LogP contribution in [-0.4, -0.2) is 20.8 Å². The quantitative estimate of drug-likeness (QED) is 0.688. The summed E-state index contributed by atoms with van der Waals surface area (Å²) in [6.07, 6.45) is 1.69. The second-order valence-electron chi connectivity index (χ2n) is 3.45. The Balaban J connectivity index is 2.52. The molecule has 0 aliphatic carbocycles. The van der Waals surface area contributed by atoms with Crippen molar-refractivity contribution in [2.24, 2.45) is 10.1 Å². The Labute approximate surface area is 99.4 Å². The number of nitrogens with two attached hydrogens (primary N) is 1. The van der Waals surface area contributed by atoms with Gasteiger partial charge in [-0.15, -0.1) is 11.0 Å². The van der Waals surface area contributed by atoms with Gasteiger partial charge in [-0.3, -0.25) is 4.72 Å². The molecule has 7 heteroatoms. The highest BCUT2D eigenvalue weighted by atomic mass is 32.2. The van der Waals surface area contributed by atoms with Crippen molar-refractivity contribution >= 4 is 27.4 Å². The molecule has 1 heterocycles. The van der Waals surface area contributed by atoms with Gasteiger partial charge in [-0.05, 0) is 12.1 Å². The molecule has 0 bridgehead atoms. The number of fused-ring (bicyclic) bond motifs is 1. The summed E-state index contributed by atoms with van der Waals surface area (Å²) >= 11 is 0. The minimum atomic E-state index is -3.72. The van der Waals surface area contributed by atoms with Crippen molar-refractivity contribution in [1.29, 1.82) is 0 Å². The molecule has 1 aliphatic rings. The summed E-state index contributed by atoms with van der Waals surface area (Å²) in [7, 11) is -3.72. The Hall–Kier alpha value is -2.02. The fraction of sp³-hybridized carbons (Fsp3) is 0.100. The average Bonchev–Trinajstić information content (AvgIpc) is 2.23. The zero-order valence-electron chi connectivity index (χ0n) is 8.97. The zero-order chi connectivity index (χ0) is 12.5. The fourth-order valence-electron chi connectivity index (χ4n) is 1.58. The number of benzene rings is 1. The highest BCUT2D eigenvalue weighted by molar-refractivity contribution is 7.91. The van der Waals surface area contributed by atoms with Gasteiger partial charge in [-0.25, -0.2) is 0 Å². The molecule has 1 aliphatic heterocycles. The first kappa shape index (κ1) is 11.5. The lowest BCUT2D eigenvalue weighted by molar-refractivity contribution is 0.602. The van der Waals surface area contributed by atoms with E-state index < -0.39 is 10.2 Å². The molecule has 0 aromatic heterocycles. The van der Waals surface area contributed by atoms with E-state index in [1.165, 1.54) is 0 Å². The number of anilines is 2. The first-order chi connectivity index (χ1) is 8.03. The van der Waals surface area contributed by atoms with E-state index in [9.17, 15) is 8.42 Å². The van der Waals surface area contributed by atoms with Crippen molar-refractivity contribution < 1.29 is 8.42 Å². The van der Waals surface area contributed by atoms with Gasteiger partial charge < -0.3 is 11.1 Å². The predicted octanol–water partition coefficient (Wildman–Crippen LogP) is 0.660. The molecular formula is C10H12N4O2S. The summed E-state index contributed by atoms with van der Waals surface area (Å²) in [6, 6.07) is 5.16. The number of hydrogen-bond acceptors (Lipinski definition) is 4. The summed E-state index contributed by atoms with van der Waals surface area (Å²) in [4.78, 5) is 0. The van der Waals surface area contributed by atoms with E-state index in [1.54, 1.807) is 24.3 Å². The monoisotopic (exact) mass is 252 g/mol. The predicted molar refractivity (Wildman–Crippen MR) is 68.4 cm³/mol. The Morgan fingerprint density at radius 1 is 1.53 bits per heavy atom. The standard InChI is InChI=1S/C10H12N4O2S/c1-2-6-12-7-4-3-5-8-9(7)10(11)14-17(15,16)13-8/h2-5,12-13H,1,6H2,(H2,11,14). The van der Waals surface area contributed by atoms with Crippen LogP contribution in [0.3, 0.4) is 0 Å². The van der Waals surface area contributed by atoms with Crippen LogP contribution in [0, 0.1) is 0 Å². The van der Waals surface area contributed by atoms with Crippen molar-refractivity contribution in [2.45, 2.75) is 0 Å². The fourth-order valence-corrected chi connectivity index (χ4v) is 2.42. The van der Waals surface area contributed by atoms with Crippen LogP contribution in [0.5, 0.6) is 0 Å². The molecular weight excluding hydrogens is 240 g/mol. The van der Waals surface area contributed by atoms with Gasteiger partial charge >= 0.3 is 10.2 Å². The van der Waals surface area contributed by atoms with Gasteiger partial charge in [0.25, 0.3) is 0 Å². The number of nitrogens with one attached hydrogen (secondary N) is 2. The molecule has 0 radical (unpaired) electrons. The Morgan fingerprint density at radius 2 is 2.29 bits per heavy atom. The first-order valence-corrected chi connectivity index (χ1v) is 6.34. The van der Waals surface area contributed by atoms with E-state index in [0.717, 1.165) is 0 Å². The molecule has 4 N–H and O–H groups in total. The molecule has 0 unspecified atom stereocenters. The van der Waals surface area contributed by atoms with Gasteiger partial charge in [0.2, 0.25) is 0 Å². The molecule has 90 valence electrons. The number of hydrogen-bond donors (Lipinski definition) is 3. The molecule has 0 saturated carbocycles. The molecule has 1 aromatic carbocycles. The van der Waals surface area contributed by atoms with Gasteiger partial charge in [-0.1, -0.05) is 12.1 Å². The van der Waals surface area contributed by atoms with Crippen LogP contribution in [0.15, 0.2) is 35.3 Å². The van der Waals surface area contributed by atoms with Crippen molar-refractivity contribution in [2.75, 3.05) is 16.6 Å². The van der Waals surface area contributed by atoms with Crippen molar-refractivity contribution in [3.05, 3.63) is 36.4 Å². The maximum Gasteiger partial charge on any atom is 0.344 e. The van der Waals surface area contributed by atoms with Gasteiger partial charge in [0.1, 0.15) is 5.84 Å². The summed E-state index contributed by atoms with van der Waals surface area (Å²) in [5.74, 6) is -0.0223. The zero-order valence-corrected chi connectivity index (χ0v) is 9.79. The molecule has 17 heavy (non-hydrogen) atoms. The van der Waals surface area contributed by atoms with E-state index >= 15 is 0 Å². The molecule has 1 aromatic rings. The third kappa shape index (κ3) is 2.23. The summed E-state index contributed by atoms with van der Waals surface area (Å²) in [5, 5.41) is 3.07. The Morgan fingerprint density at radius 3 is 3.00 bits per heavy atom. The molecule has 0 spiro atoms. The van der Waals surface area contributed by atoms with E-state index in [2.05, 4.69) is 21.0 Å². The summed E-state index contributed by atoms with van der Waals surface area (Å²) in [5.41, 5.74) is 7.36. The van der Waals surface area contributed by atoms with Gasteiger partial charge in [0.15, 0.2) is 0 Å². The maximum absolute atomic E-state index is 11.3. The van der Waals surface area contributed by atoms with Crippen LogP contribution >= 0.6 is 0 Å². The maximum atomic E-state index is 11.3. The Kier molecular flexibility index (Phi) is 2.76. The second-order valence-corrected chi connectivity index (χ2v) is 4.79. The van der Waals surface area contributed by atoms with Crippen LogP contribution in [0.1, 0.15) is 5.56 Å². The summed E-state index contributed by atoms with van der Waals surface area (Å²) < 4.78 is 28.4. The van der Waals surface area contributed by atoms with E-state index in [1.807, 2.05) is 0 Å². The lowest BCUT2D eigenvalue weighted by atomic mass is 10.1. The molecule has 2 rings (SSSR count). The smallest absolute Gasteiger partial charge is 0.344 e. The lowest BCUT2D eigenvalue weighted by Gasteiger charge is -2.19. The van der Waals surface area contributed by atoms with Crippen LogP contribution in [-0.2, 0) is 10.2 Å². The number of nitrogens with zero attached hydrogens (tertiary/aromatic N) is 1. The molecule has 0 amide bonds. The van der Waals surface area contributed by atoms with Crippen LogP contribution in [0.4, 0.5) is 11.4 Å². The SMILES string of the molecule is C=CCNc1cccc2c1C(N)=NS(=O)(=O)N2. The molecule has 6 nitrogen and oxygen atoms in total. The second kappa shape index (κ2) is 4.10. The number of rotatable bonds is 3. The van der Waals surface area contributed by atoms with Gasteiger partial charge in [-0.2, -0.15) is 8.42 Å². The highest BCUT2D eigenvalue weighted by Gasteiger charge is 2.23. The van der Waals surface area contributed by atoms with Gasteiger partial charge in [0.05, 0.1) is 11.3 Å². The van der Waals surface area contributed by atoms with Gasteiger partial charge in [0, 0.05) is 12.2 Å². The number of amidine groups is 1. The first-order valence-electron chi connectivity index (χ1n) is 4.90. The normalized spacial score (nSPS) is 16.4. The third-order valence-electron chi connectivity index (χ3n) is 2.21. The Bertz CT molecular complexity index is 592. The summed E-state index contributed by atoms with van der Waals surface area (Å²) in [6.45, 7) is 4.15. The molecule has 0 fully saturated rings. The largest absolute Gasteiger partial charge is 0.382 e. The molecule has 0 saturated heterocycles. The molecule has 0 atom stereocenters. The average molecular weight is 252 g/mol. The van der Waals surface area contributed by atoms with E-state index in [0.29, 0.717) is 23.5 Å². The van der Waals surface area contributed by atoms with E-state index in [4.69, 9.17) is 5.73 Å². The van der Waals surface area contributed by atoms with Crippen molar-refractivity contribution in [3.63, 3.8) is 0 Å². The minimum Gasteiger partial charge on any atom is -0.382 e. The van der Waals surface area contributed by atoms with Crippen molar-refractivity contribution in [1.82, 2.24) is 0 Å². The lowest BCUT2D eigenvalue weighted by Crippen LogP contribution is -2.27. The van der Waals surface area contributed by atoms with E-state index in [-0.39, 0.29) is 5.84 Å². The van der Waals surface area contributed by atoms with Crippen LogP contribution in [0.25, 0.3) is 0 Å². The topological polar surface area (TPSA) is 96.6 Å².